The number of aliphatic hydroxyl groups is 2. The second-order valence-electron chi connectivity index (χ2n) is 6.14. The van der Waals surface area contributed by atoms with Crippen LogP contribution in [0.4, 0.5) is 52.7 Å². The van der Waals surface area contributed by atoms with E-state index in [9.17, 15) is 52.7 Å². The van der Waals surface area contributed by atoms with Gasteiger partial charge in [-0.15, -0.1) is 0 Å². The highest BCUT2D eigenvalue weighted by molar-refractivity contribution is 5.27. The van der Waals surface area contributed by atoms with Gasteiger partial charge in [0, 0.05) is 11.1 Å². The van der Waals surface area contributed by atoms with Gasteiger partial charge < -0.3 is 10.2 Å². The van der Waals surface area contributed by atoms with Crippen LogP contribution in [-0.2, 0) is 11.2 Å². The van der Waals surface area contributed by atoms with Crippen LogP contribution in [-0.4, -0.2) is 34.9 Å². The molecule has 2 aromatic rings. The van der Waals surface area contributed by atoms with E-state index < -0.39 is 47.0 Å². The van der Waals surface area contributed by atoms with Gasteiger partial charge in [-0.1, -0.05) is 60.7 Å². The Hall–Kier alpha value is -2.48. The molecular formula is C18H12F12O2. The van der Waals surface area contributed by atoms with Crippen molar-refractivity contribution in [3.8, 4) is 0 Å². The minimum absolute atomic E-state index is 0.570. The lowest BCUT2D eigenvalue weighted by Crippen LogP contribution is -2.53. The monoisotopic (exact) mass is 488 g/mol. The molecule has 0 fully saturated rings. The van der Waals surface area contributed by atoms with Crippen molar-refractivity contribution >= 4 is 0 Å². The second kappa shape index (κ2) is 8.81. The van der Waals surface area contributed by atoms with Crippen molar-refractivity contribution in [2.24, 2.45) is 0 Å². The molecule has 2 N–H and O–H groups in total. The van der Waals surface area contributed by atoms with Gasteiger partial charge in [0.05, 0.1) is 0 Å². The summed E-state index contributed by atoms with van der Waals surface area (Å²) in [6, 6.07) is 8.71. The van der Waals surface area contributed by atoms with E-state index in [1.54, 1.807) is 0 Å². The lowest BCUT2D eigenvalue weighted by molar-refractivity contribution is -0.376. The number of halogens is 12. The van der Waals surface area contributed by atoms with Crippen LogP contribution in [0.15, 0.2) is 60.7 Å². The smallest absolute Gasteiger partial charge is 0.369 e. The molecule has 2 aromatic carbocycles. The summed E-state index contributed by atoms with van der Waals surface area (Å²) in [5.41, 5.74) is -12.2. The van der Waals surface area contributed by atoms with Crippen molar-refractivity contribution in [3.63, 3.8) is 0 Å². The predicted molar refractivity (Wildman–Crippen MR) is 84.9 cm³/mol. The first-order chi connectivity index (χ1) is 14.2. The summed E-state index contributed by atoms with van der Waals surface area (Å²) in [5, 5.41) is 17.8. The minimum atomic E-state index is -5.83. The summed E-state index contributed by atoms with van der Waals surface area (Å²) in [7, 11) is 0. The maximum atomic E-state index is 12.3. The molecule has 0 bridgehead atoms. The van der Waals surface area contributed by atoms with Gasteiger partial charge >= 0.3 is 24.7 Å². The van der Waals surface area contributed by atoms with Gasteiger partial charge in [0.25, 0.3) is 11.2 Å². The molecule has 0 heterocycles. The molecule has 0 aliphatic rings. The molecule has 0 unspecified atom stereocenters. The Morgan fingerprint density at radius 1 is 0.375 bits per heavy atom. The zero-order chi connectivity index (χ0) is 25.2. The van der Waals surface area contributed by atoms with Crippen molar-refractivity contribution in [1.29, 1.82) is 0 Å². The molecule has 0 aromatic heterocycles. The van der Waals surface area contributed by atoms with E-state index in [0.717, 1.165) is 24.3 Å². The lowest BCUT2D eigenvalue weighted by Gasteiger charge is -2.32. The summed E-state index contributed by atoms with van der Waals surface area (Å²) < 4.78 is 148. The van der Waals surface area contributed by atoms with Gasteiger partial charge in [0.1, 0.15) is 0 Å². The van der Waals surface area contributed by atoms with Crippen LogP contribution in [0.5, 0.6) is 0 Å². The average Bonchev–Trinajstić information content (AvgIpc) is 2.65. The van der Waals surface area contributed by atoms with Crippen LogP contribution in [0, 0.1) is 0 Å². The molecule has 0 spiro atoms. The predicted octanol–water partition coefficient (Wildman–Crippen LogP) is 6.00. The molecule has 0 radical (unpaired) electrons. The minimum Gasteiger partial charge on any atom is -0.369 e. The molecule has 32 heavy (non-hydrogen) atoms. The zero-order valence-corrected chi connectivity index (χ0v) is 15.2. The Labute approximate surface area is 171 Å². The maximum absolute atomic E-state index is 12.3. The third kappa shape index (κ3) is 5.11. The van der Waals surface area contributed by atoms with Crippen LogP contribution >= 0.6 is 0 Å². The lowest BCUT2D eigenvalue weighted by atomic mass is 9.92. The topological polar surface area (TPSA) is 40.5 Å². The van der Waals surface area contributed by atoms with E-state index in [1.165, 1.54) is 12.1 Å². The molecule has 0 aliphatic heterocycles. The van der Waals surface area contributed by atoms with Gasteiger partial charge in [-0.2, -0.15) is 52.7 Å². The summed E-state index contributed by atoms with van der Waals surface area (Å²) in [6.45, 7) is 0. The van der Waals surface area contributed by atoms with Crippen molar-refractivity contribution in [2.75, 3.05) is 0 Å². The van der Waals surface area contributed by atoms with Crippen LogP contribution < -0.4 is 0 Å². The number of hydrogen-bond acceptors (Lipinski definition) is 2. The van der Waals surface area contributed by atoms with E-state index >= 15 is 0 Å². The van der Waals surface area contributed by atoms with Gasteiger partial charge in [0.2, 0.25) is 0 Å². The molecule has 14 heteroatoms. The standard InChI is InChI=1S/2C9H6F6O/c2*10-8(11,12)7(16,9(13,14)15)6-4-2-1-3-5-6/h2*1-5,16H. The summed E-state index contributed by atoms with van der Waals surface area (Å²) in [4.78, 5) is 0. The highest BCUT2D eigenvalue weighted by atomic mass is 19.4. The number of hydrogen-bond donors (Lipinski definition) is 2. The van der Waals surface area contributed by atoms with Crippen molar-refractivity contribution in [2.45, 2.75) is 35.9 Å². The quantitative estimate of drug-likeness (QED) is 0.510. The first-order valence-corrected chi connectivity index (χ1v) is 8.04. The molecule has 0 atom stereocenters. The van der Waals surface area contributed by atoms with E-state index in [4.69, 9.17) is 10.2 Å². The number of benzene rings is 2. The highest BCUT2D eigenvalue weighted by Crippen LogP contribution is 2.50. The molecule has 0 aliphatic carbocycles. The van der Waals surface area contributed by atoms with Gasteiger partial charge in [-0.05, 0) is 0 Å². The van der Waals surface area contributed by atoms with Gasteiger partial charge in [0.15, 0.2) is 0 Å². The second-order valence-corrected chi connectivity index (χ2v) is 6.14. The molecular weight excluding hydrogens is 476 g/mol. The first kappa shape index (κ1) is 27.6. The van der Waals surface area contributed by atoms with Gasteiger partial charge in [-0.3, -0.25) is 0 Å². The molecule has 0 amide bonds. The first-order valence-electron chi connectivity index (χ1n) is 8.04. The van der Waals surface area contributed by atoms with E-state index in [-0.39, 0.29) is 0 Å². The molecule has 180 valence electrons. The fraction of sp³-hybridized carbons (Fsp3) is 0.333. The van der Waals surface area contributed by atoms with Crippen LogP contribution in [0.2, 0.25) is 0 Å². The Morgan fingerprint density at radius 3 is 0.719 bits per heavy atom. The third-order valence-electron chi connectivity index (χ3n) is 4.02. The van der Waals surface area contributed by atoms with Crippen molar-refractivity contribution < 1.29 is 62.9 Å². The molecule has 2 rings (SSSR count). The van der Waals surface area contributed by atoms with E-state index in [2.05, 4.69) is 0 Å². The summed E-state index contributed by atoms with van der Waals surface area (Å²) in [6.07, 6.45) is -23.3. The molecule has 2 nitrogen and oxygen atoms in total. The van der Waals surface area contributed by atoms with Crippen LogP contribution in [0.3, 0.4) is 0 Å². The highest BCUT2D eigenvalue weighted by Gasteiger charge is 2.72. The Balaban J connectivity index is 0.000000320. The SMILES string of the molecule is OC(c1ccccc1)(C(F)(F)F)C(F)(F)F.OC(c1ccccc1)(C(F)(F)F)C(F)(F)F. The average molecular weight is 488 g/mol. The number of rotatable bonds is 2. The fourth-order valence-electron chi connectivity index (χ4n) is 2.33. The van der Waals surface area contributed by atoms with Gasteiger partial charge in [-0.25, -0.2) is 0 Å². The summed E-state index contributed by atoms with van der Waals surface area (Å²) >= 11 is 0. The van der Waals surface area contributed by atoms with Crippen LogP contribution in [0.1, 0.15) is 11.1 Å². The summed E-state index contributed by atoms with van der Waals surface area (Å²) in [5.74, 6) is 0. The third-order valence-corrected chi connectivity index (χ3v) is 4.02. The van der Waals surface area contributed by atoms with Crippen molar-refractivity contribution in [1.82, 2.24) is 0 Å². The fourth-order valence-corrected chi connectivity index (χ4v) is 2.33. The largest absolute Gasteiger partial charge is 0.430 e. The molecule has 0 saturated carbocycles. The Bertz CT molecular complexity index is 751. The van der Waals surface area contributed by atoms with Crippen LogP contribution in [0.25, 0.3) is 0 Å². The van der Waals surface area contributed by atoms with E-state index in [1.807, 2.05) is 0 Å². The number of alkyl halides is 12. The zero-order valence-electron chi connectivity index (χ0n) is 15.2. The Kier molecular flexibility index (Phi) is 7.58. The van der Waals surface area contributed by atoms with E-state index in [0.29, 0.717) is 24.3 Å². The normalized spacial score (nSPS) is 13.9. The maximum Gasteiger partial charge on any atom is 0.430 e. The van der Waals surface area contributed by atoms with Crippen molar-refractivity contribution in [3.05, 3.63) is 71.8 Å². The molecule has 0 saturated heterocycles. The Morgan fingerprint density at radius 2 is 0.562 bits per heavy atom.